The quantitative estimate of drug-likeness (QED) is 0.587. The fraction of sp³-hybridized carbons (Fsp3) is 0.632. The molecule has 0 amide bonds. The van der Waals surface area contributed by atoms with E-state index >= 15 is 0 Å². The lowest BCUT2D eigenvalue weighted by Crippen LogP contribution is -2.40. The lowest BCUT2D eigenvalue weighted by molar-refractivity contribution is 0.157. The molecule has 5 heteroatoms. The fourth-order valence-corrected chi connectivity index (χ4v) is 2.94. The highest BCUT2D eigenvalue weighted by atomic mass is 16.5. The van der Waals surface area contributed by atoms with E-state index in [0.717, 1.165) is 51.0 Å². The van der Waals surface area contributed by atoms with E-state index in [1.54, 1.807) is 7.11 Å². The molecule has 1 aromatic carbocycles. The molecule has 1 atom stereocenters. The summed E-state index contributed by atoms with van der Waals surface area (Å²) in [6, 6.07) is 8.22. The highest BCUT2D eigenvalue weighted by Gasteiger charge is 2.24. The Hall–Kier alpha value is -1.75. The molecule has 1 saturated heterocycles. The first-order chi connectivity index (χ1) is 11.8. The van der Waals surface area contributed by atoms with Gasteiger partial charge < -0.3 is 19.7 Å². The molecule has 1 heterocycles. The van der Waals surface area contributed by atoms with E-state index in [1.807, 2.05) is 12.1 Å². The zero-order valence-electron chi connectivity index (χ0n) is 15.3. The molecule has 134 valence electrons. The van der Waals surface area contributed by atoms with Crippen molar-refractivity contribution in [1.29, 1.82) is 0 Å². The first-order valence-corrected chi connectivity index (χ1v) is 9.00. The third-order valence-corrected chi connectivity index (χ3v) is 4.11. The Balaban J connectivity index is 1.98. The second-order valence-electron chi connectivity index (χ2n) is 6.22. The van der Waals surface area contributed by atoms with Crippen molar-refractivity contribution in [2.24, 2.45) is 10.9 Å². The number of nitrogens with one attached hydrogen (secondary N) is 1. The van der Waals surface area contributed by atoms with Gasteiger partial charge in [0.2, 0.25) is 0 Å². The van der Waals surface area contributed by atoms with Crippen LogP contribution in [0.5, 0.6) is 5.75 Å². The molecule has 2 rings (SSSR count). The number of nitrogens with zero attached hydrogens (tertiary/aromatic N) is 2. The van der Waals surface area contributed by atoms with Gasteiger partial charge in [-0.1, -0.05) is 19.1 Å². The minimum absolute atomic E-state index is 0.602. The molecule has 1 aliphatic rings. The Morgan fingerprint density at radius 1 is 1.38 bits per heavy atom. The summed E-state index contributed by atoms with van der Waals surface area (Å²) in [5, 5.41) is 3.41. The van der Waals surface area contributed by atoms with E-state index in [9.17, 15) is 0 Å². The zero-order valence-corrected chi connectivity index (χ0v) is 15.3. The Morgan fingerprint density at radius 3 is 3.00 bits per heavy atom. The molecule has 0 bridgehead atoms. The van der Waals surface area contributed by atoms with Crippen molar-refractivity contribution in [3.63, 3.8) is 0 Å². The van der Waals surface area contributed by atoms with E-state index in [4.69, 9.17) is 14.5 Å². The molecule has 1 N–H and O–H groups in total. The highest BCUT2D eigenvalue weighted by molar-refractivity contribution is 5.80. The van der Waals surface area contributed by atoms with E-state index in [2.05, 4.69) is 36.2 Å². The normalized spacial score (nSPS) is 18.0. The van der Waals surface area contributed by atoms with Crippen molar-refractivity contribution in [2.45, 2.75) is 33.2 Å². The van der Waals surface area contributed by atoms with Crippen molar-refractivity contribution in [1.82, 2.24) is 10.2 Å². The Morgan fingerprint density at radius 2 is 2.25 bits per heavy atom. The van der Waals surface area contributed by atoms with Gasteiger partial charge in [0.25, 0.3) is 0 Å². The number of methoxy groups -OCH3 is 1. The third-order valence-electron chi connectivity index (χ3n) is 4.11. The fourth-order valence-electron chi connectivity index (χ4n) is 2.94. The zero-order chi connectivity index (χ0) is 17.2. The first-order valence-electron chi connectivity index (χ1n) is 9.00. The molecule has 1 aromatic rings. The molecule has 0 aliphatic carbocycles. The van der Waals surface area contributed by atoms with Gasteiger partial charge in [0.1, 0.15) is 5.75 Å². The second kappa shape index (κ2) is 10.2. The lowest BCUT2D eigenvalue weighted by Gasteiger charge is -2.21. The Bertz CT molecular complexity index is 519. The second-order valence-corrected chi connectivity index (χ2v) is 6.22. The van der Waals surface area contributed by atoms with Crippen molar-refractivity contribution in [2.75, 3.05) is 40.0 Å². The minimum Gasteiger partial charge on any atom is -0.494 e. The molecule has 5 nitrogen and oxygen atoms in total. The van der Waals surface area contributed by atoms with Crippen LogP contribution >= 0.6 is 0 Å². The van der Waals surface area contributed by atoms with Crippen LogP contribution in [0.2, 0.25) is 0 Å². The summed E-state index contributed by atoms with van der Waals surface area (Å²) < 4.78 is 11.0. The van der Waals surface area contributed by atoms with Gasteiger partial charge >= 0.3 is 0 Å². The number of guanidine groups is 1. The molecule has 1 unspecified atom stereocenters. The van der Waals surface area contributed by atoms with Crippen LogP contribution < -0.4 is 10.1 Å². The minimum atomic E-state index is 0.602. The van der Waals surface area contributed by atoms with Crippen molar-refractivity contribution >= 4 is 5.96 Å². The van der Waals surface area contributed by atoms with Crippen LogP contribution in [0.1, 0.15) is 32.3 Å². The van der Waals surface area contributed by atoms with E-state index in [0.29, 0.717) is 12.5 Å². The van der Waals surface area contributed by atoms with Crippen LogP contribution in [0.4, 0.5) is 0 Å². The largest absolute Gasteiger partial charge is 0.494 e. The smallest absolute Gasteiger partial charge is 0.194 e. The van der Waals surface area contributed by atoms with Crippen LogP contribution in [0.25, 0.3) is 0 Å². The van der Waals surface area contributed by atoms with Crippen molar-refractivity contribution < 1.29 is 9.47 Å². The lowest BCUT2D eigenvalue weighted by atomic mass is 10.1. The van der Waals surface area contributed by atoms with E-state index in [-0.39, 0.29) is 0 Å². The topological polar surface area (TPSA) is 46.1 Å². The molecule has 1 fully saturated rings. The summed E-state index contributed by atoms with van der Waals surface area (Å²) in [7, 11) is 1.77. The predicted molar refractivity (Wildman–Crippen MR) is 98.6 cm³/mol. The highest BCUT2D eigenvalue weighted by Crippen LogP contribution is 2.18. The number of likely N-dealkylation sites (tertiary alicyclic amines) is 1. The van der Waals surface area contributed by atoms with Crippen molar-refractivity contribution in [3.8, 4) is 5.75 Å². The van der Waals surface area contributed by atoms with Gasteiger partial charge in [-0.05, 0) is 37.5 Å². The third kappa shape index (κ3) is 5.71. The maximum absolute atomic E-state index is 5.70. The number of hydrogen-bond acceptors (Lipinski definition) is 3. The maximum Gasteiger partial charge on any atom is 0.194 e. The van der Waals surface area contributed by atoms with Crippen molar-refractivity contribution in [3.05, 3.63) is 29.8 Å². The van der Waals surface area contributed by atoms with Crippen LogP contribution in [0, 0.1) is 5.92 Å². The molecule has 0 radical (unpaired) electrons. The Labute approximate surface area is 146 Å². The summed E-state index contributed by atoms with van der Waals surface area (Å²) >= 11 is 0. The standard InChI is InChI=1S/C19H31N3O2/c1-4-11-24-18-8-6-7-16(12-18)13-21-19(20-5-2)22-10-9-17(14-22)15-23-3/h6-8,12,17H,4-5,9-11,13-15H2,1-3H3,(H,20,21). The van der Waals surface area contributed by atoms with Gasteiger partial charge in [-0.15, -0.1) is 0 Å². The van der Waals surface area contributed by atoms with Gasteiger partial charge in [0.05, 0.1) is 19.8 Å². The summed E-state index contributed by atoms with van der Waals surface area (Å²) in [5.41, 5.74) is 1.17. The average molecular weight is 333 g/mol. The summed E-state index contributed by atoms with van der Waals surface area (Å²) in [6.07, 6.45) is 2.18. The monoisotopic (exact) mass is 333 g/mol. The summed E-state index contributed by atoms with van der Waals surface area (Å²) in [4.78, 5) is 7.15. The summed E-state index contributed by atoms with van der Waals surface area (Å²) in [5.74, 6) is 2.52. The molecular formula is C19H31N3O2. The maximum atomic E-state index is 5.70. The van der Waals surface area contributed by atoms with Gasteiger partial charge in [0, 0.05) is 32.7 Å². The van der Waals surface area contributed by atoms with Crippen LogP contribution in [0.15, 0.2) is 29.3 Å². The van der Waals surface area contributed by atoms with Gasteiger partial charge in [-0.25, -0.2) is 4.99 Å². The Kier molecular flexibility index (Phi) is 7.89. The van der Waals surface area contributed by atoms with Crippen LogP contribution in [0.3, 0.4) is 0 Å². The number of benzene rings is 1. The number of rotatable bonds is 8. The summed E-state index contributed by atoms with van der Waals surface area (Å²) in [6.45, 7) is 9.40. The number of hydrogen-bond donors (Lipinski definition) is 1. The number of aliphatic imine (C=N–C) groups is 1. The van der Waals surface area contributed by atoms with Gasteiger partial charge in [-0.3, -0.25) is 0 Å². The predicted octanol–water partition coefficient (Wildman–Crippen LogP) is 2.91. The molecule has 0 spiro atoms. The van der Waals surface area contributed by atoms with Gasteiger partial charge in [-0.2, -0.15) is 0 Å². The average Bonchev–Trinajstić information content (AvgIpc) is 3.06. The van der Waals surface area contributed by atoms with E-state index in [1.165, 1.54) is 12.0 Å². The van der Waals surface area contributed by atoms with Gasteiger partial charge in [0.15, 0.2) is 5.96 Å². The molecular weight excluding hydrogens is 302 g/mol. The molecule has 0 saturated carbocycles. The van der Waals surface area contributed by atoms with Crippen LogP contribution in [-0.4, -0.2) is 50.8 Å². The first kappa shape index (κ1) is 18.6. The van der Waals surface area contributed by atoms with E-state index < -0.39 is 0 Å². The SMILES string of the molecule is CCCOc1cccc(CN=C(NCC)N2CCC(COC)C2)c1. The number of ether oxygens (including phenoxy) is 2. The molecule has 24 heavy (non-hydrogen) atoms. The van der Waals surface area contributed by atoms with Crippen LogP contribution in [-0.2, 0) is 11.3 Å². The molecule has 1 aliphatic heterocycles. The molecule has 0 aromatic heterocycles.